The fourth-order valence-electron chi connectivity index (χ4n) is 2.17. The zero-order chi connectivity index (χ0) is 14.9. The summed E-state index contributed by atoms with van der Waals surface area (Å²) in [7, 11) is 0. The largest absolute Gasteiger partial charge is 0.390 e. The van der Waals surface area contributed by atoms with Gasteiger partial charge in [-0.1, -0.05) is 6.07 Å². The van der Waals surface area contributed by atoms with Crippen LogP contribution in [0.4, 0.5) is 0 Å². The molecule has 1 fully saturated rings. The summed E-state index contributed by atoms with van der Waals surface area (Å²) in [4.78, 5) is 7.69. The van der Waals surface area contributed by atoms with Crippen LogP contribution in [0.5, 0.6) is 0 Å². The number of nitrogens with two attached hydrogens (primary N) is 1. The number of ether oxygens (including phenoxy) is 1. The molecule has 126 valence electrons. The highest BCUT2D eigenvalue weighted by atomic mass is 127. The predicted molar refractivity (Wildman–Crippen MR) is 101 cm³/mol. The van der Waals surface area contributed by atoms with E-state index in [1.807, 2.05) is 6.07 Å². The Morgan fingerprint density at radius 1 is 1.50 bits per heavy atom. The number of rotatable bonds is 7. The molecule has 0 saturated carbocycles. The lowest BCUT2D eigenvalue weighted by Gasteiger charge is -2.28. The first-order valence-corrected chi connectivity index (χ1v) is 8.16. The van der Waals surface area contributed by atoms with Crippen molar-refractivity contribution in [3.8, 4) is 0 Å². The summed E-state index contributed by atoms with van der Waals surface area (Å²) in [5, 5.41) is 15.1. The van der Waals surface area contributed by atoms with Gasteiger partial charge in [0.25, 0.3) is 0 Å². The minimum absolute atomic E-state index is 0. The summed E-state index contributed by atoms with van der Waals surface area (Å²) in [6.07, 6.45) is 0.449. The minimum atomic E-state index is -0.485. The molecule has 22 heavy (non-hydrogen) atoms. The molecule has 0 aromatic carbocycles. The molecular weight excluding hydrogens is 415 g/mol. The molecule has 0 radical (unpaired) electrons. The summed E-state index contributed by atoms with van der Waals surface area (Å²) >= 11 is 1.74. The van der Waals surface area contributed by atoms with E-state index in [1.54, 1.807) is 11.3 Å². The molecule has 2 heterocycles. The third-order valence-electron chi connectivity index (χ3n) is 3.30. The quantitative estimate of drug-likeness (QED) is 0.327. The maximum Gasteiger partial charge on any atom is 0.188 e. The topological polar surface area (TPSA) is 83.1 Å². The number of hydrogen-bond acceptors (Lipinski definition) is 5. The number of β-amino-alcohol motifs (C(OH)–C–C–N with tert-alkyl or cyclic N) is 1. The van der Waals surface area contributed by atoms with Crippen LogP contribution in [-0.2, 0) is 11.2 Å². The number of halogens is 1. The first kappa shape index (κ1) is 19.6. The van der Waals surface area contributed by atoms with Crippen LogP contribution in [0.1, 0.15) is 4.88 Å². The van der Waals surface area contributed by atoms with Crippen molar-refractivity contribution in [3.05, 3.63) is 22.4 Å². The lowest BCUT2D eigenvalue weighted by atomic mass is 10.3. The maximum absolute atomic E-state index is 9.95. The molecule has 2 rings (SSSR count). The molecule has 0 amide bonds. The van der Waals surface area contributed by atoms with Crippen molar-refractivity contribution in [1.82, 2.24) is 10.2 Å². The number of aliphatic imine (C=N–C) groups is 1. The van der Waals surface area contributed by atoms with Gasteiger partial charge >= 0.3 is 0 Å². The van der Waals surface area contributed by atoms with Crippen LogP contribution in [0, 0.1) is 0 Å². The fraction of sp³-hybridized carbons (Fsp3) is 0.643. The van der Waals surface area contributed by atoms with E-state index < -0.39 is 6.10 Å². The highest BCUT2D eigenvalue weighted by Gasteiger charge is 2.14. The van der Waals surface area contributed by atoms with Crippen LogP contribution >= 0.6 is 35.3 Å². The monoisotopic (exact) mass is 440 g/mol. The fourth-order valence-corrected chi connectivity index (χ4v) is 2.88. The van der Waals surface area contributed by atoms with E-state index >= 15 is 0 Å². The minimum Gasteiger partial charge on any atom is -0.390 e. The molecule has 1 aliphatic heterocycles. The van der Waals surface area contributed by atoms with Crippen molar-refractivity contribution in [2.24, 2.45) is 10.7 Å². The summed E-state index contributed by atoms with van der Waals surface area (Å²) in [5.41, 5.74) is 5.79. The maximum atomic E-state index is 9.95. The molecule has 1 aromatic heterocycles. The van der Waals surface area contributed by atoms with Crippen molar-refractivity contribution in [2.75, 3.05) is 45.9 Å². The standard InChI is InChI=1S/C14H24N4O2S.HI/c15-14(16-4-3-13-2-1-9-21-13)17-10-12(19)11-18-5-7-20-8-6-18;/h1-2,9,12,19H,3-8,10-11H2,(H3,15,16,17);1H. The first-order valence-electron chi connectivity index (χ1n) is 7.28. The van der Waals surface area contributed by atoms with Crippen molar-refractivity contribution in [3.63, 3.8) is 0 Å². The van der Waals surface area contributed by atoms with E-state index in [0.717, 1.165) is 39.3 Å². The first-order chi connectivity index (χ1) is 10.2. The van der Waals surface area contributed by atoms with Crippen LogP contribution in [0.2, 0.25) is 0 Å². The molecule has 0 bridgehead atoms. The van der Waals surface area contributed by atoms with Gasteiger partial charge in [-0.15, -0.1) is 35.3 Å². The Morgan fingerprint density at radius 2 is 2.27 bits per heavy atom. The molecule has 1 aromatic rings. The Kier molecular flexibility index (Phi) is 9.96. The number of nitrogens with one attached hydrogen (secondary N) is 1. The summed E-state index contributed by atoms with van der Waals surface area (Å²) < 4.78 is 5.27. The summed E-state index contributed by atoms with van der Waals surface area (Å²) in [6.45, 7) is 4.93. The van der Waals surface area contributed by atoms with Crippen molar-refractivity contribution < 1.29 is 9.84 Å². The second-order valence-electron chi connectivity index (χ2n) is 5.05. The second kappa shape index (κ2) is 11.2. The van der Waals surface area contributed by atoms with Crippen molar-refractivity contribution in [2.45, 2.75) is 12.5 Å². The average molecular weight is 440 g/mol. The Hall–Kier alpha value is -0.420. The van der Waals surface area contributed by atoms with E-state index in [4.69, 9.17) is 10.5 Å². The molecule has 4 N–H and O–H groups in total. The zero-order valence-electron chi connectivity index (χ0n) is 12.6. The van der Waals surface area contributed by atoms with Crippen molar-refractivity contribution >= 4 is 41.3 Å². The Labute approximate surface area is 152 Å². The molecule has 6 nitrogen and oxygen atoms in total. The molecule has 0 spiro atoms. The van der Waals surface area contributed by atoms with E-state index in [-0.39, 0.29) is 24.0 Å². The number of thiophene rings is 1. The van der Waals surface area contributed by atoms with Gasteiger partial charge in [-0.25, -0.2) is 0 Å². The average Bonchev–Trinajstić information content (AvgIpc) is 2.99. The van der Waals surface area contributed by atoms with Gasteiger partial charge in [-0.3, -0.25) is 9.89 Å². The molecule has 8 heteroatoms. The molecule has 1 saturated heterocycles. The summed E-state index contributed by atoms with van der Waals surface area (Å²) in [6, 6.07) is 4.14. The zero-order valence-corrected chi connectivity index (χ0v) is 15.8. The van der Waals surface area contributed by atoms with Crippen LogP contribution in [0.15, 0.2) is 22.5 Å². The number of morpholine rings is 1. The normalized spacial score (nSPS) is 17.8. The molecule has 1 aliphatic rings. The Balaban J connectivity index is 0.00000242. The van der Waals surface area contributed by atoms with Crippen LogP contribution in [-0.4, -0.2) is 68.0 Å². The highest BCUT2D eigenvalue weighted by molar-refractivity contribution is 14.0. The third kappa shape index (κ3) is 7.73. The number of hydrogen-bond donors (Lipinski definition) is 3. The van der Waals surface area contributed by atoms with Crippen LogP contribution < -0.4 is 11.1 Å². The number of guanidine groups is 1. The van der Waals surface area contributed by atoms with Gasteiger partial charge in [-0.05, 0) is 17.9 Å². The van der Waals surface area contributed by atoms with E-state index in [0.29, 0.717) is 19.0 Å². The van der Waals surface area contributed by atoms with Gasteiger partial charge in [0.05, 0.1) is 25.9 Å². The smallest absolute Gasteiger partial charge is 0.188 e. The van der Waals surface area contributed by atoms with Gasteiger partial charge in [0.1, 0.15) is 0 Å². The lowest BCUT2D eigenvalue weighted by Crippen LogP contribution is -2.42. The van der Waals surface area contributed by atoms with Crippen molar-refractivity contribution in [1.29, 1.82) is 0 Å². The third-order valence-corrected chi connectivity index (χ3v) is 4.24. The lowest BCUT2D eigenvalue weighted by molar-refractivity contribution is 0.0165. The van der Waals surface area contributed by atoms with E-state index in [2.05, 4.69) is 26.7 Å². The number of nitrogens with zero attached hydrogens (tertiary/aromatic N) is 2. The van der Waals surface area contributed by atoms with Gasteiger partial charge in [-0.2, -0.15) is 0 Å². The van der Waals surface area contributed by atoms with Gasteiger partial charge < -0.3 is 20.9 Å². The SMILES string of the molecule is I.NC(=NCC(O)CN1CCOCC1)NCCc1cccs1. The second-order valence-corrected chi connectivity index (χ2v) is 6.08. The van der Waals surface area contributed by atoms with Gasteiger partial charge in [0, 0.05) is 31.1 Å². The van der Waals surface area contributed by atoms with E-state index in [1.165, 1.54) is 4.88 Å². The molecule has 1 unspecified atom stereocenters. The van der Waals surface area contributed by atoms with Crippen LogP contribution in [0.3, 0.4) is 0 Å². The molecule has 0 aliphatic carbocycles. The summed E-state index contributed by atoms with van der Waals surface area (Å²) in [5.74, 6) is 0.396. The van der Waals surface area contributed by atoms with Gasteiger partial charge in [0.15, 0.2) is 5.96 Å². The van der Waals surface area contributed by atoms with Crippen LogP contribution in [0.25, 0.3) is 0 Å². The van der Waals surface area contributed by atoms with Gasteiger partial charge in [0.2, 0.25) is 0 Å². The number of aliphatic hydroxyl groups is 1. The number of aliphatic hydroxyl groups excluding tert-OH is 1. The Bertz CT molecular complexity index is 424. The highest BCUT2D eigenvalue weighted by Crippen LogP contribution is 2.07. The predicted octanol–water partition coefficient (Wildman–Crippen LogP) is 0.506. The molecule has 1 atom stereocenters. The molecular formula is C14H25IN4O2S. The van der Waals surface area contributed by atoms with E-state index in [9.17, 15) is 5.11 Å². The Morgan fingerprint density at radius 3 is 2.95 bits per heavy atom.